The summed E-state index contributed by atoms with van der Waals surface area (Å²) >= 11 is 0. The van der Waals surface area contributed by atoms with Gasteiger partial charge >= 0.3 is 0 Å². The summed E-state index contributed by atoms with van der Waals surface area (Å²) in [5.74, 6) is 0.833. The number of hydrogen-bond acceptors (Lipinski definition) is 9. The first kappa shape index (κ1) is 22.1. The highest BCUT2D eigenvalue weighted by atomic mass is 19.1. The Morgan fingerprint density at radius 1 is 1.23 bits per heavy atom. The molecular formula is C21H31FN6O3. The Kier molecular flexibility index (Phi) is 6.83. The molecule has 0 amide bonds. The molecule has 4 atom stereocenters. The standard InChI is InChI=1S/C21H31FN6O3/c1-13(2)31-18-8-14-16(9-15(18)22)25-26-21(14)17-10-19(24-12-23-17)27-4-6-28(7-5-27)20(29)11-30-3/h8-10,12-13,15,18,20-21,25-26,29H,4-7,11H2,1-3H3. The van der Waals surface area contributed by atoms with E-state index in [-0.39, 0.29) is 12.1 Å². The Bertz CT molecular complexity index is 827. The zero-order valence-electron chi connectivity index (χ0n) is 18.2. The molecule has 2 saturated heterocycles. The highest BCUT2D eigenvalue weighted by molar-refractivity contribution is 5.48. The third-order valence-corrected chi connectivity index (χ3v) is 5.73. The fourth-order valence-corrected chi connectivity index (χ4v) is 4.16. The van der Waals surface area contributed by atoms with Gasteiger partial charge in [-0.2, -0.15) is 0 Å². The molecule has 0 spiro atoms. The topological polar surface area (TPSA) is 95.0 Å². The molecule has 10 heteroatoms. The minimum absolute atomic E-state index is 0.0671. The lowest BCUT2D eigenvalue weighted by molar-refractivity contribution is -0.0489. The summed E-state index contributed by atoms with van der Waals surface area (Å²) in [5, 5.41) is 10.1. The third-order valence-electron chi connectivity index (χ3n) is 5.73. The highest BCUT2D eigenvalue weighted by Crippen LogP contribution is 2.35. The van der Waals surface area contributed by atoms with E-state index in [0.717, 1.165) is 49.0 Å². The van der Waals surface area contributed by atoms with Crippen LogP contribution in [0.1, 0.15) is 25.6 Å². The number of hydrogen-bond donors (Lipinski definition) is 3. The molecule has 0 saturated carbocycles. The van der Waals surface area contributed by atoms with Crippen LogP contribution in [0.2, 0.25) is 0 Å². The fourth-order valence-electron chi connectivity index (χ4n) is 4.16. The van der Waals surface area contributed by atoms with E-state index in [1.54, 1.807) is 19.5 Å². The summed E-state index contributed by atoms with van der Waals surface area (Å²) in [7, 11) is 1.58. The summed E-state index contributed by atoms with van der Waals surface area (Å²) < 4.78 is 25.2. The van der Waals surface area contributed by atoms with Crippen molar-refractivity contribution in [3.8, 4) is 0 Å². The molecule has 1 aromatic rings. The Balaban J connectivity index is 1.47. The monoisotopic (exact) mass is 434 g/mol. The van der Waals surface area contributed by atoms with Crippen molar-refractivity contribution in [2.75, 3.05) is 44.8 Å². The number of halogens is 1. The zero-order valence-corrected chi connectivity index (χ0v) is 18.2. The second kappa shape index (κ2) is 9.58. The van der Waals surface area contributed by atoms with Gasteiger partial charge in [0.05, 0.1) is 30.1 Å². The normalized spacial score (nSPS) is 27.5. The fraction of sp³-hybridized carbons (Fsp3) is 0.619. The number of aliphatic hydroxyl groups excluding tert-OH is 1. The van der Waals surface area contributed by atoms with Gasteiger partial charge in [0.2, 0.25) is 0 Å². The van der Waals surface area contributed by atoms with Crippen LogP contribution in [-0.2, 0) is 9.47 Å². The Morgan fingerprint density at radius 3 is 2.71 bits per heavy atom. The maximum absolute atomic E-state index is 14.4. The lowest BCUT2D eigenvalue weighted by Crippen LogP contribution is -2.51. The number of rotatable bonds is 7. The maximum atomic E-state index is 14.4. The number of hydrazine groups is 1. The van der Waals surface area contributed by atoms with Crippen LogP contribution in [0.5, 0.6) is 0 Å². The largest absolute Gasteiger partial charge is 0.381 e. The summed E-state index contributed by atoms with van der Waals surface area (Å²) in [4.78, 5) is 13.1. The van der Waals surface area contributed by atoms with E-state index < -0.39 is 18.5 Å². The van der Waals surface area contributed by atoms with Crippen molar-refractivity contribution in [1.29, 1.82) is 0 Å². The van der Waals surface area contributed by atoms with E-state index >= 15 is 0 Å². The van der Waals surface area contributed by atoms with Crippen molar-refractivity contribution in [3.63, 3.8) is 0 Å². The van der Waals surface area contributed by atoms with Crippen LogP contribution in [0.3, 0.4) is 0 Å². The van der Waals surface area contributed by atoms with Gasteiger partial charge in [0.15, 0.2) is 6.17 Å². The minimum Gasteiger partial charge on any atom is -0.381 e. The Morgan fingerprint density at radius 2 is 2.00 bits per heavy atom. The molecule has 3 aliphatic rings. The van der Waals surface area contributed by atoms with Crippen molar-refractivity contribution in [3.05, 3.63) is 41.5 Å². The van der Waals surface area contributed by atoms with E-state index in [2.05, 4.69) is 25.7 Å². The number of nitrogens with zero attached hydrogens (tertiary/aromatic N) is 4. The molecule has 31 heavy (non-hydrogen) atoms. The number of piperazine rings is 1. The van der Waals surface area contributed by atoms with E-state index in [1.165, 1.54) is 0 Å². The molecule has 4 unspecified atom stereocenters. The first-order chi connectivity index (χ1) is 15.0. The molecule has 4 rings (SSSR count). The molecule has 3 heterocycles. The predicted octanol–water partition coefficient (Wildman–Crippen LogP) is 0.668. The number of alkyl halides is 1. The Hall–Kier alpha value is -2.11. The smallest absolute Gasteiger partial charge is 0.150 e. The van der Waals surface area contributed by atoms with Gasteiger partial charge in [-0.15, -0.1) is 0 Å². The van der Waals surface area contributed by atoms with Crippen LogP contribution >= 0.6 is 0 Å². The van der Waals surface area contributed by atoms with Gasteiger partial charge < -0.3 is 24.9 Å². The van der Waals surface area contributed by atoms with Crippen LogP contribution < -0.4 is 15.8 Å². The second-order valence-corrected chi connectivity index (χ2v) is 8.26. The number of methoxy groups -OCH3 is 1. The minimum atomic E-state index is -1.19. The molecule has 1 aliphatic carbocycles. The summed E-state index contributed by atoms with van der Waals surface area (Å²) in [6.07, 6.45) is 2.49. The van der Waals surface area contributed by atoms with Crippen LogP contribution in [0.15, 0.2) is 35.8 Å². The number of fused-ring (bicyclic) bond motifs is 1. The molecule has 1 aromatic heterocycles. The van der Waals surface area contributed by atoms with Gasteiger partial charge in [0.25, 0.3) is 0 Å². The molecule has 170 valence electrons. The lowest BCUT2D eigenvalue weighted by atomic mass is 9.94. The van der Waals surface area contributed by atoms with E-state index in [4.69, 9.17) is 9.47 Å². The molecule has 2 fully saturated rings. The molecule has 0 bridgehead atoms. The number of aliphatic hydroxyl groups is 1. The van der Waals surface area contributed by atoms with Crippen LogP contribution in [0.25, 0.3) is 0 Å². The van der Waals surface area contributed by atoms with E-state index in [9.17, 15) is 9.50 Å². The predicted molar refractivity (Wildman–Crippen MR) is 114 cm³/mol. The number of nitrogens with one attached hydrogen (secondary N) is 2. The molecular weight excluding hydrogens is 403 g/mol. The van der Waals surface area contributed by atoms with Crippen LogP contribution in [0, 0.1) is 0 Å². The average molecular weight is 435 g/mol. The average Bonchev–Trinajstić information content (AvgIpc) is 3.16. The van der Waals surface area contributed by atoms with Gasteiger partial charge in [-0.25, -0.2) is 19.8 Å². The van der Waals surface area contributed by atoms with Gasteiger partial charge in [-0.05, 0) is 31.6 Å². The first-order valence-corrected chi connectivity index (χ1v) is 10.7. The van der Waals surface area contributed by atoms with Gasteiger partial charge in [0.1, 0.15) is 24.5 Å². The number of anilines is 1. The van der Waals surface area contributed by atoms with Gasteiger partial charge in [-0.1, -0.05) is 0 Å². The molecule has 3 N–H and O–H groups in total. The van der Waals surface area contributed by atoms with E-state index in [0.29, 0.717) is 6.61 Å². The maximum Gasteiger partial charge on any atom is 0.150 e. The molecule has 0 radical (unpaired) electrons. The summed E-state index contributed by atoms with van der Waals surface area (Å²) in [5.41, 5.74) is 8.72. The van der Waals surface area contributed by atoms with Crippen LogP contribution in [0.4, 0.5) is 10.2 Å². The molecule has 9 nitrogen and oxygen atoms in total. The van der Waals surface area contributed by atoms with Gasteiger partial charge in [-0.3, -0.25) is 4.90 Å². The van der Waals surface area contributed by atoms with Crippen LogP contribution in [-0.4, -0.2) is 84.5 Å². The second-order valence-electron chi connectivity index (χ2n) is 8.26. The van der Waals surface area contributed by atoms with Crippen molar-refractivity contribution in [1.82, 2.24) is 25.7 Å². The zero-order chi connectivity index (χ0) is 22.0. The van der Waals surface area contributed by atoms with E-state index in [1.807, 2.05) is 30.9 Å². The Labute approximate surface area is 181 Å². The highest BCUT2D eigenvalue weighted by Gasteiger charge is 2.35. The molecule has 2 aliphatic heterocycles. The number of aromatic nitrogens is 2. The quantitative estimate of drug-likeness (QED) is 0.572. The van der Waals surface area contributed by atoms with Crippen molar-refractivity contribution in [2.24, 2.45) is 0 Å². The van der Waals surface area contributed by atoms with Crippen molar-refractivity contribution in [2.45, 2.75) is 44.5 Å². The van der Waals surface area contributed by atoms with Gasteiger partial charge in [0, 0.05) is 39.4 Å². The summed E-state index contributed by atoms with van der Waals surface area (Å²) in [6.45, 7) is 7.03. The third kappa shape index (κ3) is 4.88. The van der Waals surface area contributed by atoms with Crippen molar-refractivity contribution < 1.29 is 19.0 Å². The lowest BCUT2D eigenvalue weighted by Gasteiger charge is -2.37. The number of ether oxygens (including phenoxy) is 2. The SMILES string of the molecule is COCC(O)N1CCN(c2cc(C3NNC4=CC(F)C(OC(C)C)C=C43)ncn2)CC1. The molecule has 0 aromatic carbocycles. The first-order valence-electron chi connectivity index (χ1n) is 10.7. The van der Waals surface area contributed by atoms with Crippen molar-refractivity contribution >= 4 is 5.82 Å². The summed E-state index contributed by atoms with van der Waals surface area (Å²) in [6, 6.07) is 1.74.